The van der Waals surface area contributed by atoms with E-state index in [2.05, 4.69) is 5.16 Å². The second-order valence-electron chi connectivity index (χ2n) is 4.00. The van der Waals surface area contributed by atoms with E-state index < -0.39 is 30.9 Å². The second-order valence-corrected chi connectivity index (χ2v) is 4.95. The van der Waals surface area contributed by atoms with Crippen molar-refractivity contribution in [2.75, 3.05) is 13.1 Å². The van der Waals surface area contributed by atoms with Crippen molar-refractivity contribution in [3.05, 3.63) is 29.3 Å². The van der Waals surface area contributed by atoms with Crippen molar-refractivity contribution in [2.24, 2.45) is 0 Å². The normalized spacial score (nSPS) is 10.3. The van der Waals surface area contributed by atoms with Crippen molar-refractivity contribution < 1.29 is 29.1 Å². The maximum atomic E-state index is 12.1. The molecule has 2 heterocycles. The third-order valence-electron chi connectivity index (χ3n) is 2.43. The Balaban J connectivity index is 2.20. The molecule has 2 aromatic rings. The zero-order valence-corrected chi connectivity index (χ0v) is 11.4. The Bertz CT molecular complexity index is 647. The minimum atomic E-state index is -1.31. The van der Waals surface area contributed by atoms with Crippen molar-refractivity contribution in [2.45, 2.75) is 0 Å². The SMILES string of the molecule is O=C(O)CN(CC(=O)O)C(=O)c1cc(-c2cccs2)on1. The number of aromatic nitrogens is 1. The molecule has 110 valence electrons. The van der Waals surface area contributed by atoms with Gasteiger partial charge in [0.1, 0.15) is 13.1 Å². The molecule has 0 saturated heterocycles. The molecule has 0 aliphatic carbocycles. The number of aliphatic carboxylic acids is 2. The van der Waals surface area contributed by atoms with Gasteiger partial charge in [-0.2, -0.15) is 0 Å². The average molecular weight is 310 g/mol. The summed E-state index contributed by atoms with van der Waals surface area (Å²) in [5.41, 5.74) is -0.138. The molecule has 1 amide bonds. The van der Waals surface area contributed by atoms with Gasteiger partial charge in [-0.3, -0.25) is 14.4 Å². The lowest BCUT2D eigenvalue weighted by Crippen LogP contribution is -2.39. The van der Waals surface area contributed by atoms with Gasteiger partial charge in [0.25, 0.3) is 5.91 Å². The zero-order chi connectivity index (χ0) is 15.4. The van der Waals surface area contributed by atoms with Gasteiger partial charge in [-0.25, -0.2) is 0 Å². The summed E-state index contributed by atoms with van der Waals surface area (Å²) in [6, 6.07) is 4.92. The first kappa shape index (κ1) is 14.7. The summed E-state index contributed by atoms with van der Waals surface area (Å²) in [5.74, 6) is -3.08. The van der Waals surface area contributed by atoms with Crippen molar-refractivity contribution >= 4 is 29.2 Å². The molecule has 0 fully saturated rings. The molecular formula is C12H10N2O6S. The molecule has 0 bridgehead atoms. The van der Waals surface area contributed by atoms with Gasteiger partial charge in [0.15, 0.2) is 11.5 Å². The zero-order valence-electron chi connectivity index (χ0n) is 10.6. The van der Waals surface area contributed by atoms with Gasteiger partial charge < -0.3 is 19.6 Å². The Kier molecular flexibility index (Phi) is 4.33. The van der Waals surface area contributed by atoms with Crippen molar-refractivity contribution in [3.8, 4) is 10.6 Å². The summed E-state index contributed by atoms with van der Waals surface area (Å²) < 4.78 is 5.01. The Labute approximate surface area is 122 Å². The predicted molar refractivity (Wildman–Crippen MR) is 71.0 cm³/mol. The number of carbonyl (C=O) groups excluding carboxylic acids is 1. The van der Waals surface area contributed by atoms with Crippen LogP contribution in [0, 0.1) is 0 Å². The number of carbonyl (C=O) groups is 3. The van der Waals surface area contributed by atoms with E-state index in [1.165, 1.54) is 17.4 Å². The van der Waals surface area contributed by atoms with E-state index in [-0.39, 0.29) is 5.69 Å². The Morgan fingerprint density at radius 2 is 1.90 bits per heavy atom. The molecule has 2 aromatic heterocycles. The Hall–Kier alpha value is -2.68. The van der Waals surface area contributed by atoms with Crippen molar-refractivity contribution in [3.63, 3.8) is 0 Å². The molecule has 0 spiro atoms. The number of carboxylic acids is 2. The number of rotatable bonds is 6. The van der Waals surface area contributed by atoms with Crippen LogP contribution < -0.4 is 0 Å². The average Bonchev–Trinajstić information content (AvgIpc) is 3.06. The largest absolute Gasteiger partial charge is 0.480 e. The monoisotopic (exact) mass is 310 g/mol. The fourth-order valence-electron chi connectivity index (χ4n) is 1.60. The quantitative estimate of drug-likeness (QED) is 0.816. The van der Waals surface area contributed by atoms with Crippen LogP contribution in [0.15, 0.2) is 28.1 Å². The lowest BCUT2D eigenvalue weighted by Gasteiger charge is -2.16. The summed E-state index contributed by atoms with van der Waals surface area (Å²) in [6.45, 7) is -1.46. The second kappa shape index (κ2) is 6.18. The minimum absolute atomic E-state index is 0.138. The van der Waals surface area contributed by atoms with E-state index in [1.54, 1.807) is 12.1 Å². The predicted octanol–water partition coefficient (Wildman–Crippen LogP) is 1.01. The highest BCUT2D eigenvalue weighted by atomic mass is 32.1. The van der Waals surface area contributed by atoms with Gasteiger partial charge in [-0.1, -0.05) is 11.2 Å². The third-order valence-corrected chi connectivity index (χ3v) is 3.32. The van der Waals surface area contributed by atoms with Gasteiger partial charge in [0.2, 0.25) is 0 Å². The Morgan fingerprint density at radius 1 is 1.24 bits per heavy atom. The van der Waals surface area contributed by atoms with Crippen molar-refractivity contribution in [1.29, 1.82) is 0 Å². The van der Waals surface area contributed by atoms with Crippen molar-refractivity contribution in [1.82, 2.24) is 10.1 Å². The first-order valence-electron chi connectivity index (χ1n) is 5.71. The van der Waals surface area contributed by atoms with E-state index in [4.69, 9.17) is 14.7 Å². The van der Waals surface area contributed by atoms with Crippen LogP contribution in [0.5, 0.6) is 0 Å². The molecule has 0 atom stereocenters. The summed E-state index contributed by atoms with van der Waals surface area (Å²) in [7, 11) is 0. The van der Waals surface area contributed by atoms with Crippen LogP contribution in [0.4, 0.5) is 0 Å². The molecule has 8 nitrogen and oxygen atoms in total. The summed E-state index contributed by atoms with van der Waals surface area (Å²) in [4.78, 5) is 34.9. The van der Waals surface area contributed by atoms with Crippen LogP contribution in [-0.2, 0) is 9.59 Å². The first-order valence-corrected chi connectivity index (χ1v) is 6.59. The highest BCUT2D eigenvalue weighted by Crippen LogP contribution is 2.25. The van der Waals surface area contributed by atoms with Crippen LogP contribution in [0.1, 0.15) is 10.5 Å². The molecule has 0 saturated carbocycles. The highest BCUT2D eigenvalue weighted by molar-refractivity contribution is 7.13. The molecule has 0 aromatic carbocycles. The molecular weight excluding hydrogens is 300 g/mol. The number of nitrogens with zero attached hydrogens (tertiary/aromatic N) is 2. The topological polar surface area (TPSA) is 121 Å². The lowest BCUT2D eigenvalue weighted by atomic mass is 10.3. The molecule has 9 heteroatoms. The molecule has 0 radical (unpaired) electrons. The van der Waals surface area contributed by atoms with E-state index in [9.17, 15) is 14.4 Å². The molecule has 0 aliphatic heterocycles. The smallest absolute Gasteiger partial charge is 0.323 e. The van der Waals surface area contributed by atoms with E-state index in [0.29, 0.717) is 10.7 Å². The lowest BCUT2D eigenvalue weighted by molar-refractivity contribution is -0.140. The van der Waals surface area contributed by atoms with Crippen LogP contribution in [0.25, 0.3) is 10.6 Å². The summed E-state index contributed by atoms with van der Waals surface area (Å²) >= 11 is 1.38. The van der Waals surface area contributed by atoms with E-state index >= 15 is 0 Å². The Morgan fingerprint density at radius 3 is 2.43 bits per heavy atom. The molecule has 2 rings (SSSR count). The molecule has 2 N–H and O–H groups in total. The third kappa shape index (κ3) is 3.66. The van der Waals surface area contributed by atoms with E-state index in [1.807, 2.05) is 5.38 Å². The fourth-order valence-corrected chi connectivity index (χ4v) is 2.27. The minimum Gasteiger partial charge on any atom is -0.480 e. The molecule has 0 aliphatic rings. The van der Waals surface area contributed by atoms with Crippen LogP contribution >= 0.6 is 11.3 Å². The van der Waals surface area contributed by atoms with Gasteiger partial charge in [-0.05, 0) is 11.4 Å². The number of thiophene rings is 1. The number of carboxylic acid groups (broad SMARTS) is 2. The standard InChI is InChI=1S/C12H10N2O6S/c15-10(16)5-14(6-11(17)18)12(19)7-4-8(20-13-7)9-2-1-3-21-9/h1-4H,5-6H2,(H,15,16)(H,17,18). The number of hydrogen-bond donors (Lipinski definition) is 2. The van der Waals surface area contributed by atoms with Gasteiger partial charge in [-0.15, -0.1) is 11.3 Å². The van der Waals surface area contributed by atoms with Crippen LogP contribution in [0.3, 0.4) is 0 Å². The molecule has 21 heavy (non-hydrogen) atoms. The number of amides is 1. The van der Waals surface area contributed by atoms with Gasteiger partial charge >= 0.3 is 11.9 Å². The maximum absolute atomic E-state index is 12.1. The summed E-state index contributed by atoms with van der Waals surface area (Å²) in [6.07, 6.45) is 0. The molecule has 0 unspecified atom stereocenters. The first-order chi connectivity index (χ1) is 9.97. The van der Waals surface area contributed by atoms with Crippen LogP contribution in [-0.4, -0.2) is 51.2 Å². The summed E-state index contributed by atoms with van der Waals surface area (Å²) in [5, 5.41) is 22.8. The van der Waals surface area contributed by atoms with E-state index in [0.717, 1.165) is 4.88 Å². The van der Waals surface area contributed by atoms with Gasteiger partial charge in [0.05, 0.1) is 4.88 Å². The fraction of sp³-hybridized carbons (Fsp3) is 0.167. The number of hydrogen-bond acceptors (Lipinski definition) is 6. The van der Waals surface area contributed by atoms with Crippen LogP contribution in [0.2, 0.25) is 0 Å². The van der Waals surface area contributed by atoms with Gasteiger partial charge in [0, 0.05) is 6.07 Å². The highest BCUT2D eigenvalue weighted by Gasteiger charge is 2.24. The maximum Gasteiger partial charge on any atom is 0.323 e.